The highest BCUT2D eigenvalue weighted by molar-refractivity contribution is 5.96. The van der Waals surface area contributed by atoms with Gasteiger partial charge in [0.05, 0.1) is 20.1 Å². The molecular formula is C18H27N2O2+. The first-order valence-corrected chi connectivity index (χ1v) is 8.07. The van der Waals surface area contributed by atoms with E-state index in [4.69, 9.17) is 0 Å². The number of rotatable bonds is 5. The highest BCUT2D eigenvalue weighted by atomic mass is 16.2. The van der Waals surface area contributed by atoms with E-state index in [0.717, 1.165) is 10.2 Å². The maximum atomic E-state index is 12.5. The molecule has 0 saturated heterocycles. The molecule has 1 atom stereocenters. The standard InChI is InChI=1S/C18H26N2O2/c1-13(20(3,4)17-7-5-6-8-17)18(22)19-16-11-9-15(10-12-16)14(2)21/h9-13,17H,5-8H2,1-4H3/p+1/t13-/m0/s1. The highest BCUT2D eigenvalue weighted by Crippen LogP contribution is 2.29. The Morgan fingerprint density at radius 2 is 1.68 bits per heavy atom. The van der Waals surface area contributed by atoms with Gasteiger partial charge in [-0.3, -0.25) is 9.59 Å². The molecule has 1 aliphatic carbocycles. The Labute approximate surface area is 133 Å². The number of nitrogens with one attached hydrogen (secondary N) is 1. The van der Waals surface area contributed by atoms with E-state index in [1.165, 1.54) is 32.6 Å². The number of nitrogens with zero attached hydrogens (tertiary/aromatic N) is 1. The third-order valence-electron chi connectivity index (χ3n) is 5.20. The van der Waals surface area contributed by atoms with E-state index in [0.29, 0.717) is 11.6 Å². The van der Waals surface area contributed by atoms with Crippen molar-refractivity contribution in [3.05, 3.63) is 29.8 Å². The van der Waals surface area contributed by atoms with Gasteiger partial charge in [-0.2, -0.15) is 0 Å². The molecule has 22 heavy (non-hydrogen) atoms. The molecule has 4 heteroatoms. The SMILES string of the molecule is CC(=O)c1ccc(NC(=O)[C@H](C)[N+](C)(C)C2CCCC2)cc1. The molecule has 4 nitrogen and oxygen atoms in total. The predicted octanol–water partition coefficient (Wildman–Crippen LogP) is 3.24. The molecule has 0 radical (unpaired) electrons. The number of quaternary nitrogens is 1. The zero-order chi connectivity index (χ0) is 16.3. The summed E-state index contributed by atoms with van der Waals surface area (Å²) in [7, 11) is 4.30. The van der Waals surface area contributed by atoms with Crippen molar-refractivity contribution in [2.75, 3.05) is 19.4 Å². The number of hydrogen-bond donors (Lipinski definition) is 1. The van der Waals surface area contributed by atoms with Crippen LogP contribution in [0.3, 0.4) is 0 Å². The number of carbonyl (C=O) groups is 2. The highest BCUT2D eigenvalue weighted by Gasteiger charge is 2.39. The van der Waals surface area contributed by atoms with Crippen LogP contribution in [0.25, 0.3) is 0 Å². The Balaban J connectivity index is 2.02. The monoisotopic (exact) mass is 303 g/mol. The van der Waals surface area contributed by atoms with Gasteiger partial charge >= 0.3 is 0 Å². The summed E-state index contributed by atoms with van der Waals surface area (Å²) in [6.45, 7) is 3.54. The molecule has 1 amide bonds. The molecule has 2 rings (SSSR count). The van der Waals surface area contributed by atoms with Crippen LogP contribution in [-0.4, -0.2) is 42.4 Å². The minimum absolute atomic E-state index is 0.0327. The number of amides is 1. The van der Waals surface area contributed by atoms with Crippen molar-refractivity contribution in [1.82, 2.24) is 0 Å². The Bertz CT molecular complexity index is 543. The second-order valence-electron chi connectivity index (χ2n) is 6.87. The zero-order valence-electron chi connectivity index (χ0n) is 14.1. The van der Waals surface area contributed by atoms with Crippen molar-refractivity contribution in [3.63, 3.8) is 0 Å². The summed E-state index contributed by atoms with van der Waals surface area (Å²) in [6, 6.07) is 7.55. The van der Waals surface area contributed by atoms with Crippen molar-refractivity contribution < 1.29 is 14.1 Å². The van der Waals surface area contributed by atoms with E-state index in [2.05, 4.69) is 19.4 Å². The molecule has 0 aromatic heterocycles. The van der Waals surface area contributed by atoms with E-state index in [1.54, 1.807) is 24.3 Å². The lowest BCUT2D eigenvalue weighted by Gasteiger charge is -2.40. The van der Waals surface area contributed by atoms with Crippen LogP contribution in [0.4, 0.5) is 5.69 Å². The molecule has 1 aromatic rings. The van der Waals surface area contributed by atoms with Gasteiger partial charge in [0.2, 0.25) is 0 Å². The van der Waals surface area contributed by atoms with E-state index in [9.17, 15) is 9.59 Å². The van der Waals surface area contributed by atoms with Gasteiger partial charge in [0.1, 0.15) is 0 Å². The van der Waals surface area contributed by atoms with Crippen LogP contribution in [0.2, 0.25) is 0 Å². The average Bonchev–Trinajstić information content (AvgIpc) is 3.01. The minimum atomic E-state index is -0.101. The lowest BCUT2D eigenvalue weighted by atomic mass is 10.1. The third kappa shape index (κ3) is 3.55. The third-order valence-corrected chi connectivity index (χ3v) is 5.20. The Morgan fingerprint density at radius 3 is 2.18 bits per heavy atom. The largest absolute Gasteiger partial charge is 0.321 e. The molecule has 0 unspecified atom stereocenters. The Hall–Kier alpha value is -1.68. The molecular weight excluding hydrogens is 276 g/mol. The molecule has 120 valence electrons. The van der Waals surface area contributed by atoms with Gasteiger partial charge in [0.25, 0.3) is 5.91 Å². The molecule has 1 aromatic carbocycles. The molecule has 0 spiro atoms. The second-order valence-corrected chi connectivity index (χ2v) is 6.87. The first kappa shape index (κ1) is 16.7. The van der Waals surface area contributed by atoms with Crippen molar-refractivity contribution in [1.29, 1.82) is 0 Å². The number of Topliss-reactive ketones (excluding diaryl/α,β-unsaturated/α-hetero) is 1. The van der Waals surface area contributed by atoms with Crippen LogP contribution in [0.1, 0.15) is 49.9 Å². The van der Waals surface area contributed by atoms with Crippen molar-refractivity contribution >= 4 is 17.4 Å². The van der Waals surface area contributed by atoms with Crippen molar-refractivity contribution in [3.8, 4) is 0 Å². The number of likely N-dealkylation sites (N-methyl/N-ethyl adjacent to an activating group) is 1. The lowest BCUT2D eigenvalue weighted by molar-refractivity contribution is -0.927. The molecule has 1 aliphatic rings. The van der Waals surface area contributed by atoms with Gasteiger partial charge in [-0.15, -0.1) is 0 Å². The average molecular weight is 303 g/mol. The Kier molecular flexibility index (Phi) is 5.01. The van der Waals surface area contributed by atoms with Gasteiger partial charge in [0, 0.05) is 11.3 Å². The summed E-state index contributed by atoms with van der Waals surface area (Å²) < 4.78 is 0.733. The number of hydrogen-bond acceptors (Lipinski definition) is 2. The number of benzene rings is 1. The minimum Gasteiger partial charge on any atom is -0.321 e. The summed E-state index contributed by atoms with van der Waals surface area (Å²) in [4.78, 5) is 23.8. The van der Waals surface area contributed by atoms with Gasteiger partial charge in [0.15, 0.2) is 11.8 Å². The van der Waals surface area contributed by atoms with Crippen molar-refractivity contribution in [2.45, 2.75) is 51.6 Å². The summed E-state index contributed by atoms with van der Waals surface area (Å²) >= 11 is 0. The number of anilines is 1. The fraction of sp³-hybridized carbons (Fsp3) is 0.556. The fourth-order valence-corrected chi connectivity index (χ4v) is 3.22. The molecule has 1 fully saturated rings. The number of carbonyl (C=O) groups excluding carboxylic acids is 2. The molecule has 0 bridgehead atoms. The summed E-state index contributed by atoms with van der Waals surface area (Å²) in [5.41, 5.74) is 1.40. The second kappa shape index (κ2) is 6.61. The van der Waals surface area contributed by atoms with E-state index in [-0.39, 0.29) is 17.7 Å². The smallest absolute Gasteiger partial charge is 0.282 e. The molecule has 1 saturated carbocycles. The normalized spacial score (nSPS) is 17.3. The summed E-state index contributed by atoms with van der Waals surface area (Å²) in [6.07, 6.45) is 4.95. The Morgan fingerprint density at radius 1 is 1.14 bits per heavy atom. The van der Waals surface area contributed by atoms with Gasteiger partial charge < -0.3 is 9.80 Å². The van der Waals surface area contributed by atoms with Crippen LogP contribution >= 0.6 is 0 Å². The van der Waals surface area contributed by atoms with Crippen LogP contribution in [0, 0.1) is 0 Å². The molecule has 1 N–H and O–H groups in total. The molecule has 0 heterocycles. The zero-order valence-corrected chi connectivity index (χ0v) is 14.1. The quantitative estimate of drug-likeness (QED) is 0.670. The maximum absolute atomic E-state index is 12.5. The fourth-order valence-electron chi connectivity index (χ4n) is 3.22. The number of ketones is 1. The predicted molar refractivity (Wildman–Crippen MR) is 88.9 cm³/mol. The van der Waals surface area contributed by atoms with Crippen LogP contribution in [-0.2, 0) is 4.79 Å². The van der Waals surface area contributed by atoms with E-state index in [1.807, 2.05) is 6.92 Å². The summed E-state index contributed by atoms with van der Waals surface area (Å²) in [5.74, 6) is 0.0674. The van der Waals surface area contributed by atoms with Gasteiger partial charge in [-0.1, -0.05) is 0 Å². The molecule has 0 aliphatic heterocycles. The van der Waals surface area contributed by atoms with Crippen LogP contribution < -0.4 is 5.32 Å². The van der Waals surface area contributed by atoms with Crippen molar-refractivity contribution in [2.24, 2.45) is 0 Å². The maximum Gasteiger partial charge on any atom is 0.282 e. The first-order chi connectivity index (χ1) is 10.3. The van der Waals surface area contributed by atoms with E-state index >= 15 is 0 Å². The topological polar surface area (TPSA) is 46.2 Å². The van der Waals surface area contributed by atoms with E-state index < -0.39 is 0 Å². The van der Waals surface area contributed by atoms with Crippen LogP contribution in [0.15, 0.2) is 24.3 Å². The van der Waals surface area contributed by atoms with Crippen LogP contribution in [0.5, 0.6) is 0 Å². The first-order valence-electron chi connectivity index (χ1n) is 8.07. The summed E-state index contributed by atoms with van der Waals surface area (Å²) in [5, 5.41) is 2.97. The van der Waals surface area contributed by atoms with Gasteiger partial charge in [-0.25, -0.2) is 0 Å². The van der Waals surface area contributed by atoms with Gasteiger partial charge in [-0.05, 0) is 63.8 Å². The lowest BCUT2D eigenvalue weighted by Crippen LogP contribution is -2.57.